The number of methoxy groups -OCH3 is 1. The van der Waals surface area contributed by atoms with Crippen LogP contribution in [0.3, 0.4) is 0 Å². The summed E-state index contributed by atoms with van der Waals surface area (Å²) in [6, 6.07) is 6.81. The number of benzene rings is 1. The molecular formula is C12H9N3O4S. The minimum absolute atomic E-state index is 0.0135. The zero-order valence-electron chi connectivity index (χ0n) is 10.3. The van der Waals surface area contributed by atoms with Gasteiger partial charge in [0, 0.05) is 0 Å². The molecule has 0 aliphatic heterocycles. The van der Waals surface area contributed by atoms with Gasteiger partial charge in [-0.1, -0.05) is 0 Å². The lowest BCUT2D eigenvalue weighted by atomic mass is 10.3. The van der Waals surface area contributed by atoms with Crippen molar-refractivity contribution in [3.63, 3.8) is 0 Å². The Morgan fingerprint density at radius 3 is 2.45 bits per heavy atom. The molecule has 0 atom stereocenters. The molecule has 0 unspecified atom stereocenters. The van der Waals surface area contributed by atoms with E-state index in [-0.39, 0.29) is 10.2 Å². The van der Waals surface area contributed by atoms with Gasteiger partial charge in [0.15, 0.2) is 0 Å². The highest BCUT2D eigenvalue weighted by atomic mass is 32.1. The van der Waals surface area contributed by atoms with E-state index in [1.165, 1.54) is 3.96 Å². The monoisotopic (exact) mass is 291 g/mol. The van der Waals surface area contributed by atoms with Crippen LogP contribution in [0.4, 0.5) is 0 Å². The predicted molar refractivity (Wildman–Crippen MR) is 75.2 cm³/mol. The average molecular weight is 291 g/mol. The second-order valence-electron chi connectivity index (χ2n) is 4.00. The summed E-state index contributed by atoms with van der Waals surface area (Å²) in [4.78, 5) is 39.5. The summed E-state index contributed by atoms with van der Waals surface area (Å²) < 4.78 is 6.57. The maximum atomic E-state index is 12.2. The molecule has 0 radical (unpaired) electrons. The number of hydrogen-bond acceptors (Lipinski definition) is 5. The second kappa shape index (κ2) is 4.49. The summed E-state index contributed by atoms with van der Waals surface area (Å²) in [6.45, 7) is 0. The molecule has 2 heterocycles. The van der Waals surface area contributed by atoms with Gasteiger partial charge in [-0.2, -0.15) is 0 Å². The minimum Gasteiger partial charge on any atom is -0.497 e. The minimum atomic E-state index is -0.695. The van der Waals surface area contributed by atoms with Crippen LogP contribution >= 0.6 is 11.5 Å². The number of nitrogens with one attached hydrogen (secondary N) is 2. The Hall–Kier alpha value is -2.61. The second-order valence-corrected chi connectivity index (χ2v) is 4.96. The normalized spacial score (nSPS) is 10.8. The van der Waals surface area contributed by atoms with Gasteiger partial charge in [-0.25, -0.2) is 8.75 Å². The number of fused-ring (bicyclic) bond motifs is 1. The molecule has 7 nitrogen and oxygen atoms in total. The van der Waals surface area contributed by atoms with Gasteiger partial charge in [-0.3, -0.25) is 14.6 Å². The first-order valence-corrected chi connectivity index (χ1v) is 6.40. The zero-order valence-corrected chi connectivity index (χ0v) is 11.1. The summed E-state index contributed by atoms with van der Waals surface area (Å²) in [5, 5.41) is 0. The third kappa shape index (κ3) is 1.86. The first-order valence-electron chi connectivity index (χ1n) is 5.63. The molecule has 0 amide bonds. The number of aromatic nitrogens is 3. The van der Waals surface area contributed by atoms with Gasteiger partial charge < -0.3 is 9.72 Å². The molecule has 2 N–H and O–H groups in total. The van der Waals surface area contributed by atoms with E-state index in [0.29, 0.717) is 11.4 Å². The lowest BCUT2D eigenvalue weighted by Gasteiger charge is -2.02. The molecule has 0 saturated carbocycles. The molecule has 0 fully saturated rings. The average Bonchev–Trinajstić information content (AvgIpc) is 2.77. The molecule has 0 saturated heterocycles. The van der Waals surface area contributed by atoms with Gasteiger partial charge in [0.25, 0.3) is 11.1 Å². The van der Waals surface area contributed by atoms with E-state index >= 15 is 0 Å². The van der Waals surface area contributed by atoms with Crippen molar-refractivity contribution in [1.82, 2.24) is 13.9 Å². The topological polar surface area (TPSA) is 96.9 Å². The van der Waals surface area contributed by atoms with E-state index in [0.717, 1.165) is 11.5 Å². The van der Waals surface area contributed by atoms with E-state index in [9.17, 15) is 14.4 Å². The van der Waals surface area contributed by atoms with Crippen LogP contribution in [-0.4, -0.2) is 21.0 Å². The Kier molecular flexibility index (Phi) is 2.79. The zero-order chi connectivity index (χ0) is 14.3. The molecule has 3 rings (SSSR count). The van der Waals surface area contributed by atoms with Crippen LogP contribution in [0, 0.1) is 0 Å². The molecule has 1 aromatic carbocycles. The van der Waals surface area contributed by atoms with Gasteiger partial charge in [0.05, 0.1) is 12.8 Å². The van der Waals surface area contributed by atoms with Crippen LogP contribution in [0.1, 0.15) is 0 Å². The molecule has 3 aromatic rings. The Bertz CT molecular complexity index is 946. The molecule has 0 bridgehead atoms. The SMILES string of the molecule is COc1ccc(-n2sc3c(=O)[nH]c(=O)[nH]c3c2=O)cc1. The lowest BCUT2D eigenvalue weighted by Crippen LogP contribution is -2.23. The fourth-order valence-corrected chi connectivity index (χ4v) is 2.78. The Balaban J connectivity index is 2.29. The van der Waals surface area contributed by atoms with Crippen LogP contribution in [0.2, 0.25) is 0 Å². The number of ether oxygens (including phenoxy) is 1. The number of hydrogen-bond donors (Lipinski definition) is 2. The smallest absolute Gasteiger partial charge is 0.326 e. The third-order valence-electron chi connectivity index (χ3n) is 2.79. The molecule has 20 heavy (non-hydrogen) atoms. The summed E-state index contributed by atoms with van der Waals surface area (Å²) in [7, 11) is 1.55. The van der Waals surface area contributed by atoms with Crippen molar-refractivity contribution in [3.8, 4) is 11.4 Å². The van der Waals surface area contributed by atoms with E-state index in [4.69, 9.17) is 4.74 Å². The van der Waals surface area contributed by atoms with Crippen molar-refractivity contribution in [2.75, 3.05) is 7.11 Å². The molecule has 0 aliphatic carbocycles. The molecular weight excluding hydrogens is 282 g/mol. The number of H-pyrrole nitrogens is 2. The van der Waals surface area contributed by atoms with Crippen LogP contribution in [0.5, 0.6) is 5.75 Å². The molecule has 0 aliphatic rings. The summed E-state index contributed by atoms with van der Waals surface area (Å²) in [5.74, 6) is 0.661. The van der Waals surface area contributed by atoms with Crippen molar-refractivity contribution in [1.29, 1.82) is 0 Å². The van der Waals surface area contributed by atoms with Gasteiger partial charge in [0.2, 0.25) is 0 Å². The van der Waals surface area contributed by atoms with Gasteiger partial charge >= 0.3 is 5.69 Å². The van der Waals surface area contributed by atoms with Crippen LogP contribution in [0.15, 0.2) is 38.6 Å². The van der Waals surface area contributed by atoms with Crippen LogP contribution < -0.4 is 21.5 Å². The number of rotatable bonds is 2. The van der Waals surface area contributed by atoms with Crippen LogP contribution in [-0.2, 0) is 0 Å². The summed E-state index contributed by atoms with van der Waals surface area (Å²) in [5.41, 5.74) is -1.09. The largest absolute Gasteiger partial charge is 0.497 e. The molecule has 0 spiro atoms. The highest BCUT2D eigenvalue weighted by molar-refractivity contribution is 7.14. The predicted octanol–water partition coefficient (Wildman–Crippen LogP) is 0.437. The molecule has 8 heteroatoms. The van der Waals surface area contributed by atoms with Crippen molar-refractivity contribution >= 4 is 21.7 Å². The third-order valence-corrected chi connectivity index (χ3v) is 3.92. The van der Waals surface area contributed by atoms with Crippen molar-refractivity contribution < 1.29 is 4.74 Å². The highest BCUT2D eigenvalue weighted by Crippen LogP contribution is 2.18. The van der Waals surface area contributed by atoms with Crippen LogP contribution in [0.25, 0.3) is 15.9 Å². The van der Waals surface area contributed by atoms with Crippen molar-refractivity contribution in [2.24, 2.45) is 0 Å². The Morgan fingerprint density at radius 2 is 1.80 bits per heavy atom. The first kappa shape index (κ1) is 12.4. The Morgan fingerprint density at radius 1 is 1.10 bits per heavy atom. The van der Waals surface area contributed by atoms with E-state index in [1.807, 2.05) is 0 Å². The first-order chi connectivity index (χ1) is 9.60. The van der Waals surface area contributed by atoms with Crippen molar-refractivity contribution in [2.45, 2.75) is 0 Å². The maximum Gasteiger partial charge on any atom is 0.326 e. The molecule has 102 valence electrons. The van der Waals surface area contributed by atoms with Gasteiger partial charge in [-0.15, -0.1) is 0 Å². The van der Waals surface area contributed by atoms with Crippen molar-refractivity contribution in [3.05, 3.63) is 55.5 Å². The van der Waals surface area contributed by atoms with E-state index in [2.05, 4.69) is 9.97 Å². The summed E-state index contributed by atoms with van der Waals surface area (Å²) >= 11 is 0.975. The fourth-order valence-electron chi connectivity index (χ4n) is 1.83. The van der Waals surface area contributed by atoms with Gasteiger partial charge in [-0.05, 0) is 35.8 Å². The summed E-state index contributed by atoms with van der Waals surface area (Å²) in [6.07, 6.45) is 0. The maximum absolute atomic E-state index is 12.2. The number of aromatic amines is 2. The standard InChI is InChI=1S/C12H9N3O4S/c1-19-7-4-2-6(3-5-7)15-11(17)8-9(20-15)10(16)14-12(18)13-8/h2-5H,1H3,(H2,13,14,16,18). The highest BCUT2D eigenvalue weighted by Gasteiger charge is 2.13. The van der Waals surface area contributed by atoms with E-state index in [1.54, 1.807) is 31.4 Å². The quantitative estimate of drug-likeness (QED) is 0.716. The number of nitrogens with zero attached hydrogens (tertiary/aromatic N) is 1. The fraction of sp³-hybridized carbons (Fsp3) is 0.0833. The lowest BCUT2D eigenvalue weighted by molar-refractivity contribution is 0.415. The Labute approximate surface area is 115 Å². The van der Waals surface area contributed by atoms with Gasteiger partial charge in [0.1, 0.15) is 16.0 Å². The van der Waals surface area contributed by atoms with E-state index < -0.39 is 16.8 Å². The molecule has 2 aromatic heterocycles.